The summed E-state index contributed by atoms with van der Waals surface area (Å²) in [6, 6.07) is 0. The van der Waals surface area contributed by atoms with Crippen molar-refractivity contribution in [3.05, 3.63) is 23.8 Å². The molecule has 0 unspecified atom stereocenters. The van der Waals surface area contributed by atoms with Gasteiger partial charge in [0.25, 0.3) is 0 Å². The van der Waals surface area contributed by atoms with Crippen molar-refractivity contribution in [2.75, 3.05) is 0 Å². The summed E-state index contributed by atoms with van der Waals surface area (Å²) in [7, 11) is 0. The fourth-order valence-corrected chi connectivity index (χ4v) is 1.01. The third kappa shape index (κ3) is 1.83. The Hall–Kier alpha value is -1.25. The van der Waals surface area contributed by atoms with Crippen LogP contribution in [-0.2, 0) is 4.79 Å². The van der Waals surface area contributed by atoms with Gasteiger partial charge in [-0.25, -0.2) is 0 Å². The maximum absolute atomic E-state index is 10.9. The number of amides is 1. The molecule has 1 rings (SSSR count). The summed E-state index contributed by atoms with van der Waals surface area (Å²) in [5.74, 6) is 0.0326. The monoisotopic (exact) mass is 152 g/mol. The summed E-state index contributed by atoms with van der Waals surface area (Å²) < 4.78 is 0. The molecule has 0 aliphatic carbocycles. The molecule has 60 valence electrons. The zero-order chi connectivity index (χ0) is 8.43. The first-order valence-corrected chi connectivity index (χ1v) is 3.52. The Kier molecular flexibility index (Phi) is 1.98. The van der Waals surface area contributed by atoms with Crippen LogP contribution in [0.2, 0.25) is 0 Å². The highest BCUT2D eigenvalue weighted by Crippen LogP contribution is 2.06. The number of hydrogen-bond donors (Lipinski definition) is 1. The summed E-state index contributed by atoms with van der Waals surface area (Å²) in [6.45, 7) is 5.39. The predicted octanol–water partition coefficient (Wildman–Crippen LogP) is 1.16. The second-order valence-electron chi connectivity index (χ2n) is 2.68. The molecule has 11 heavy (non-hydrogen) atoms. The van der Waals surface area contributed by atoms with Gasteiger partial charge in [-0.05, 0) is 13.8 Å². The first-order chi connectivity index (χ1) is 5.09. The molecular formula is C8H12N2O. The van der Waals surface area contributed by atoms with Gasteiger partial charge >= 0.3 is 0 Å². The van der Waals surface area contributed by atoms with E-state index in [0.717, 1.165) is 11.4 Å². The zero-order valence-corrected chi connectivity index (χ0v) is 7.01. The highest BCUT2D eigenvalue weighted by Gasteiger charge is 2.07. The zero-order valence-electron chi connectivity index (χ0n) is 7.01. The molecular weight excluding hydrogens is 140 g/mol. The topological polar surface area (TPSA) is 32.3 Å². The fraction of sp³-hybridized carbons (Fsp3) is 0.375. The Morgan fingerprint density at radius 3 is 2.18 bits per heavy atom. The van der Waals surface area contributed by atoms with Crippen LogP contribution >= 0.6 is 0 Å². The largest absolute Gasteiger partial charge is 0.360 e. The van der Waals surface area contributed by atoms with Crippen molar-refractivity contribution in [3.8, 4) is 0 Å². The molecule has 0 spiro atoms. The van der Waals surface area contributed by atoms with Crippen LogP contribution in [0.25, 0.3) is 0 Å². The van der Waals surface area contributed by atoms with Gasteiger partial charge in [0, 0.05) is 30.7 Å². The number of carbonyl (C=O) groups excluding carboxylic acids is 1. The number of nitrogens with zero attached hydrogens (tertiary/aromatic N) is 1. The van der Waals surface area contributed by atoms with Crippen molar-refractivity contribution in [2.24, 2.45) is 0 Å². The number of allylic oxidation sites excluding steroid dienone is 2. The van der Waals surface area contributed by atoms with E-state index in [9.17, 15) is 4.79 Å². The van der Waals surface area contributed by atoms with Gasteiger partial charge < -0.3 is 5.32 Å². The average Bonchev–Trinajstić information content (AvgIpc) is 1.85. The minimum Gasteiger partial charge on any atom is -0.360 e. The molecule has 0 radical (unpaired) electrons. The molecule has 0 aromatic heterocycles. The van der Waals surface area contributed by atoms with Gasteiger partial charge in [-0.1, -0.05) is 0 Å². The Balaban J connectivity index is 2.81. The number of nitrogens with one attached hydrogen (secondary N) is 1. The lowest BCUT2D eigenvalue weighted by Gasteiger charge is -2.20. The van der Waals surface area contributed by atoms with Crippen molar-refractivity contribution in [2.45, 2.75) is 20.8 Å². The number of carbonyl (C=O) groups is 1. The average molecular weight is 152 g/mol. The van der Waals surface area contributed by atoms with E-state index >= 15 is 0 Å². The molecule has 0 atom stereocenters. The lowest BCUT2D eigenvalue weighted by Crippen LogP contribution is -2.25. The lowest BCUT2D eigenvalue weighted by molar-refractivity contribution is -0.124. The van der Waals surface area contributed by atoms with Gasteiger partial charge in [-0.3, -0.25) is 9.69 Å². The normalized spacial score (nSPS) is 16.8. The molecule has 1 aliphatic rings. The standard InChI is InChI=1S/C8H12N2O/c1-6-4-10(8(3)11)5-7(2)9-6/h4-5,9H,1-3H3. The minimum atomic E-state index is 0.0326. The van der Waals surface area contributed by atoms with Crippen LogP contribution in [0.15, 0.2) is 23.8 Å². The molecule has 3 nitrogen and oxygen atoms in total. The van der Waals surface area contributed by atoms with E-state index in [1.807, 2.05) is 13.8 Å². The lowest BCUT2D eigenvalue weighted by atomic mass is 10.3. The maximum atomic E-state index is 10.9. The van der Waals surface area contributed by atoms with Crippen molar-refractivity contribution in [3.63, 3.8) is 0 Å². The second kappa shape index (κ2) is 2.78. The van der Waals surface area contributed by atoms with Gasteiger partial charge in [-0.15, -0.1) is 0 Å². The first kappa shape index (κ1) is 7.85. The Morgan fingerprint density at radius 1 is 1.36 bits per heavy atom. The Labute approximate surface area is 66.4 Å². The van der Waals surface area contributed by atoms with Gasteiger partial charge in [0.15, 0.2) is 0 Å². The van der Waals surface area contributed by atoms with Gasteiger partial charge in [-0.2, -0.15) is 0 Å². The molecule has 0 bridgehead atoms. The van der Waals surface area contributed by atoms with Crippen LogP contribution in [-0.4, -0.2) is 10.8 Å². The van der Waals surface area contributed by atoms with Crippen molar-refractivity contribution in [1.82, 2.24) is 10.2 Å². The first-order valence-electron chi connectivity index (χ1n) is 3.52. The van der Waals surface area contributed by atoms with Crippen molar-refractivity contribution in [1.29, 1.82) is 0 Å². The van der Waals surface area contributed by atoms with Gasteiger partial charge in [0.1, 0.15) is 0 Å². The van der Waals surface area contributed by atoms with E-state index < -0.39 is 0 Å². The van der Waals surface area contributed by atoms with E-state index in [0.29, 0.717) is 0 Å². The van der Waals surface area contributed by atoms with Gasteiger partial charge in [0.05, 0.1) is 0 Å². The van der Waals surface area contributed by atoms with Crippen LogP contribution in [0.3, 0.4) is 0 Å². The highest BCUT2D eigenvalue weighted by atomic mass is 16.2. The van der Waals surface area contributed by atoms with E-state index in [-0.39, 0.29) is 5.91 Å². The van der Waals surface area contributed by atoms with E-state index in [4.69, 9.17) is 0 Å². The van der Waals surface area contributed by atoms with E-state index in [1.54, 1.807) is 24.2 Å². The molecule has 1 aliphatic heterocycles. The van der Waals surface area contributed by atoms with Crippen LogP contribution in [0.1, 0.15) is 20.8 Å². The Morgan fingerprint density at radius 2 is 1.82 bits per heavy atom. The number of hydrogen-bond acceptors (Lipinski definition) is 2. The third-order valence-corrected chi connectivity index (χ3v) is 1.42. The van der Waals surface area contributed by atoms with Crippen LogP contribution in [0.4, 0.5) is 0 Å². The molecule has 1 heterocycles. The summed E-state index contributed by atoms with van der Waals surface area (Å²) in [5.41, 5.74) is 1.97. The molecule has 1 N–H and O–H groups in total. The Bertz CT molecular complexity index is 222. The second-order valence-corrected chi connectivity index (χ2v) is 2.68. The summed E-state index contributed by atoms with van der Waals surface area (Å²) >= 11 is 0. The maximum Gasteiger partial charge on any atom is 0.227 e. The van der Waals surface area contributed by atoms with E-state index in [1.165, 1.54) is 0 Å². The van der Waals surface area contributed by atoms with Crippen molar-refractivity contribution >= 4 is 5.91 Å². The van der Waals surface area contributed by atoms with Crippen molar-refractivity contribution < 1.29 is 4.79 Å². The van der Waals surface area contributed by atoms with Crippen LogP contribution < -0.4 is 5.32 Å². The van der Waals surface area contributed by atoms with Crippen LogP contribution in [0, 0.1) is 0 Å². The molecule has 3 heteroatoms. The SMILES string of the molecule is CC(=O)N1C=C(C)NC(C)=C1. The molecule has 0 fully saturated rings. The third-order valence-electron chi connectivity index (χ3n) is 1.42. The van der Waals surface area contributed by atoms with E-state index in [2.05, 4.69) is 5.32 Å². The molecule has 1 amide bonds. The molecule has 0 aromatic carbocycles. The van der Waals surface area contributed by atoms with Crippen LogP contribution in [0.5, 0.6) is 0 Å². The minimum absolute atomic E-state index is 0.0326. The van der Waals surface area contributed by atoms with Gasteiger partial charge in [0.2, 0.25) is 5.91 Å². The molecule has 0 saturated heterocycles. The highest BCUT2D eigenvalue weighted by molar-refractivity contribution is 5.75. The molecule has 0 aromatic rings. The smallest absolute Gasteiger partial charge is 0.227 e. The summed E-state index contributed by atoms with van der Waals surface area (Å²) in [5, 5.41) is 3.09. The fourth-order valence-electron chi connectivity index (χ4n) is 1.01. The quantitative estimate of drug-likeness (QED) is 0.565. The summed E-state index contributed by atoms with van der Waals surface area (Å²) in [4.78, 5) is 12.5. The summed E-state index contributed by atoms with van der Waals surface area (Å²) in [6.07, 6.45) is 3.55. The molecule has 0 saturated carbocycles. The number of rotatable bonds is 0. The predicted molar refractivity (Wildman–Crippen MR) is 43.2 cm³/mol.